The molecule has 0 amide bonds. The van der Waals surface area contributed by atoms with Gasteiger partial charge in [0.25, 0.3) is 0 Å². The first kappa shape index (κ1) is 22.9. The first-order valence-corrected chi connectivity index (χ1v) is 13.7. The van der Waals surface area contributed by atoms with Gasteiger partial charge in [0.1, 0.15) is 11.0 Å². The molecule has 2 aliphatic rings. The van der Waals surface area contributed by atoms with E-state index in [2.05, 4.69) is 10.1 Å². The highest BCUT2D eigenvalue weighted by molar-refractivity contribution is 7.92. The van der Waals surface area contributed by atoms with E-state index in [0.29, 0.717) is 48.4 Å². The fraction of sp³-hybridized carbons (Fsp3) is 0.500. The molecular formula is C22H23ClFN3O4S2. The van der Waals surface area contributed by atoms with E-state index in [9.17, 15) is 17.6 Å². The molecule has 3 aromatic rings. The average Bonchev–Trinajstić information content (AvgIpc) is 3.47. The van der Waals surface area contributed by atoms with E-state index >= 15 is 0 Å². The number of rotatable bonds is 8. The number of aromatic nitrogens is 3. The maximum absolute atomic E-state index is 13.4. The molecular weight excluding hydrogens is 489 g/mol. The molecule has 0 unspecified atom stereocenters. The SMILES string of the molecule is O=C(Cc1ncc(F)s1)[C@H](CC1CCOCC1)n1ncc2c(S(=O)(=O)C3CC3)cc(Cl)cc21. The largest absolute Gasteiger partial charge is 0.381 e. The number of hydrogen-bond donors (Lipinski definition) is 0. The number of carbonyl (C=O) groups is 1. The van der Waals surface area contributed by atoms with Crippen LogP contribution in [0.1, 0.15) is 43.2 Å². The predicted octanol–water partition coefficient (Wildman–Crippen LogP) is 4.39. The van der Waals surface area contributed by atoms with E-state index in [1.54, 1.807) is 10.7 Å². The van der Waals surface area contributed by atoms with Gasteiger partial charge in [-0.05, 0) is 50.2 Å². The van der Waals surface area contributed by atoms with Crippen molar-refractivity contribution < 1.29 is 22.3 Å². The number of benzene rings is 1. The fourth-order valence-corrected chi connectivity index (χ4v) is 7.22. The van der Waals surface area contributed by atoms with Gasteiger partial charge < -0.3 is 4.74 Å². The Morgan fingerprint density at radius 3 is 2.67 bits per heavy atom. The maximum atomic E-state index is 13.4. The van der Waals surface area contributed by atoms with Gasteiger partial charge in [-0.1, -0.05) is 22.9 Å². The van der Waals surface area contributed by atoms with E-state index in [4.69, 9.17) is 16.3 Å². The summed E-state index contributed by atoms with van der Waals surface area (Å²) in [5, 5.41) is 4.80. The summed E-state index contributed by atoms with van der Waals surface area (Å²) in [6.07, 6.45) is 6.07. The van der Waals surface area contributed by atoms with Crippen molar-refractivity contribution in [3.05, 3.63) is 39.7 Å². The normalized spacial score (nSPS) is 18.6. The van der Waals surface area contributed by atoms with Crippen molar-refractivity contribution >= 4 is 49.5 Å². The molecule has 1 atom stereocenters. The number of Topliss-reactive ketones (excluding diaryl/α,β-unsaturated/α-hetero) is 1. The molecule has 1 saturated carbocycles. The van der Waals surface area contributed by atoms with Crippen molar-refractivity contribution in [2.75, 3.05) is 13.2 Å². The molecule has 11 heteroatoms. The third kappa shape index (κ3) is 4.71. The Morgan fingerprint density at radius 1 is 1.24 bits per heavy atom. The van der Waals surface area contributed by atoms with Crippen molar-refractivity contribution in [2.24, 2.45) is 5.92 Å². The Morgan fingerprint density at radius 2 is 2.00 bits per heavy atom. The highest BCUT2D eigenvalue weighted by Gasteiger charge is 2.39. The number of ether oxygens (including phenoxy) is 1. The molecule has 2 aromatic heterocycles. The molecule has 0 bridgehead atoms. The zero-order valence-electron chi connectivity index (χ0n) is 17.7. The van der Waals surface area contributed by atoms with Gasteiger partial charge in [0.15, 0.2) is 20.8 Å². The van der Waals surface area contributed by atoms with Crippen LogP contribution in [0.5, 0.6) is 0 Å². The predicted molar refractivity (Wildman–Crippen MR) is 123 cm³/mol. The van der Waals surface area contributed by atoms with Crippen LogP contribution in [0.25, 0.3) is 10.9 Å². The lowest BCUT2D eigenvalue weighted by Crippen LogP contribution is -2.27. The molecule has 5 rings (SSSR count). The number of sulfone groups is 1. The molecule has 1 aromatic carbocycles. The second-order valence-electron chi connectivity index (χ2n) is 8.68. The number of ketones is 1. The topological polar surface area (TPSA) is 91.2 Å². The third-order valence-corrected chi connectivity index (χ3v) is 9.63. The van der Waals surface area contributed by atoms with E-state index in [1.165, 1.54) is 12.3 Å². The standard InChI is InChI=1S/C22H23ClFN3O4S2/c23-14-8-17-16(20(9-14)33(29,30)15-1-2-15)11-26-27(17)18(7-13-3-5-31-6-4-13)19(28)10-22-25-12-21(24)32-22/h8-9,11-13,15,18H,1-7,10H2/t18-/m0/s1. The molecule has 3 heterocycles. The van der Waals surface area contributed by atoms with Gasteiger partial charge in [-0.25, -0.2) is 13.4 Å². The number of hydrogen-bond acceptors (Lipinski definition) is 7. The van der Waals surface area contributed by atoms with Crippen LogP contribution in [-0.2, 0) is 25.8 Å². The fourth-order valence-electron chi connectivity index (χ4n) is 4.42. The minimum absolute atomic E-state index is 0.0162. The Kier molecular flexibility index (Phi) is 6.28. The van der Waals surface area contributed by atoms with Crippen LogP contribution in [0.15, 0.2) is 29.4 Å². The summed E-state index contributed by atoms with van der Waals surface area (Å²) in [4.78, 5) is 17.6. The molecule has 176 valence electrons. The number of thiazole rings is 1. The van der Waals surface area contributed by atoms with Crippen molar-refractivity contribution in [2.45, 2.75) is 54.7 Å². The van der Waals surface area contributed by atoms with Crippen LogP contribution in [0, 0.1) is 11.0 Å². The van der Waals surface area contributed by atoms with Crippen molar-refractivity contribution in [3.63, 3.8) is 0 Å². The second-order valence-corrected chi connectivity index (χ2v) is 12.4. The molecule has 1 saturated heterocycles. The number of fused-ring (bicyclic) bond motifs is 1. The molecule has 0 spiro atoms. The third-order valence-electron chi connectivity index (χ3n) is 6.33. The van der Waals surface area contributed by atoms with Crippen molar-refractivity contribution in [3.8, 4) is 0 Å². The molecule has 1 aliphatic heterocycles. The van der Waals surface area contributed by atoms with Crippen LogP contribution in [0.4, 0.5) is 4.39 Å². The lowest BCUT2D eigenvalue weighted by atomic mass is 9.90. The van der Waals surface area contributed by atoms with Crippen LogP contribution >= 0.6 is 22.9 Å². The first-order chi connectivity index (χ1) is 15.8. The van der Waals surface area contributed by atoms with Crippen LogP contribution in [0.2, 0.25) is 5.02 Å². The summed E-state index contributed by atoms with van der Waals surface area (Å²) >= 11 is 7.19. The summed E-state index contributed by atoms with van der Waals surface area (Å²) < 4.78 is 46.5. The van der Waals surface area contributed by atoms with Gasteiger partial charge in [-0.3, -0.25) is 9.48 Å². The molecule has 0 radical (unpaired) electrons. The minimum Gasteiger partial charge on any atom is -0.381 e. The molecule has 0 N–H and O–H groups in total. The Labute approximate surface area is 199 Å². The van der Waals surface area contributed by atoms with Crippen LogP contribution in [-0.4, -0.2) is 47.4 Å². The van der Waals surface area contributed by atoms with Gasteiger partial charge in [-0.15, -0.1) is 0 Å². The van der Waals surface area contributed by atoms with Gasteiger partial charge in [0.2, 0.25) is 0 Å². The number of carbonyl (C=O) groups excluding carboxylic acids is 1. The van der Waals surface area contributed by atoms with Gasteiger partial charge in [-0.2, -0.15) is 9.49 Å². The summed E-state index contributed by atoms with van der Waals surface area (Å²) in [6.45, 7) is 1.28. The number of halogens is 2. The zero-order chi connectivity index (χ0) is 23.2. The number of nitrogens with zero attached hydrogens (tertiary/aromatic N) is 3. The molecule has 1 aliphatic carbocycles. The van der Waals surface area contributed by atoms with Crippen LogP contribution in [0.3, 0.4) is 0 Å². The van der Waals surface area contributed by atoms with Crippen molar-refractivity contribution in [1.82, 2.24) is 14.8 Å². The molecule has 2 fully saturated rings. The van der Waals surface area contributed by atoms with E-state index < -0.39 is 21.0 Å². The second kappa shape index (κ2) is 9.05. The summed E-state index contributed by atoms with van der Waals surface area (Å²) in [6, 6.07) is 2.48. The highest BCUT2D eigenvalue weighted by Crippen LogP contribution is 2.39. The van der Waals surface area contributed by atoms with Gasteiger partial charge in [0.05, 0.1) is 34.5 Å². The van der Waals surface area contributed by atoms with E-state index in [0.717, 1.165) is 30.4 Å². The maximum Gasteiger partial charge on any atom is 0.196 e. The Hall–Kier alpha value is -1.88. The summed E-state index contributed by atoms with van der Waals surface area (Å²) in [5.74, 6) is 0.112. The first-order valence-electron chi connectivity index (χ1n) is 10.9. The minimum atomic E-state index is -3.51. The summed E-state index contributed by atoms with van der Waals surface area (Å²) in [7, 11) is -3.51. The van der Waals surface area contributed by atoms with E-state index in [-0.39, 0.29) is 33.3 Å². The van der Waals surface area contributed by atoms with E-state index in [1.807, 2.05) is 0 Å². The van der Waals surface area contributed by atoms with Crippen LogP contribution < -0.4 is 0 Å². The lowest BCUT2D eigenvalue weighted by molar-refractivity contribution is -0.122. The van der Waals surface area contributed by atoms with Gasteiger partial charge in [0, 0.05) is 23.6 Å². The Balaban J connectivity index is 1.55. The summed E-state index contributed by atoms with van der Waals surface area (Å²) in [5.41, 5.74) is 0.512. The smallest absolute Gasteiger partial charge is 0.196 e. The average molecular weight is 512 g/mol. The molecule has 33 heavy (non-hydrogen) atoms. The van der Waals surface area contributed by atoms with Gasteiger partial charge >= 0.3 is 0 Å². The Bertz CT molecular complexity index is 1300. The zero-order valence-corrected chi connectivity index (χ0v) is 20.1. The van der Waals surface area contributed by atoms with Crippen molar-refractivity contribution in [1.29, 1.82) is 0 Å². The quantitative estimate of drug-likeness (QED) is 0.445. The highest BCUT2D eigenvalue weighted by atomic mass is 35.5. The molecule has 7 nitrogen and oxygen atoms in total. The monoisotopic (exact) mass is 511 g/mol. The lowest BCUT2D eigenvalue weighted by Gasteiger charge is -2.26.